The predicted octanol–water partition coefficient (Wildman–Crippen LogP) is 4.43. The van der Waals surface area contributed by atoms with Crippen LogP contribution in [0, 0.1) is 0 Å². The topological polar surface area (TPSA) is 119 Å². The van der Waals surface area contributed by atoms with E-state index in [0.29, 0.717) is 16.9 Å². The molecule has 0 unspecified atom stereocenters. The van der Waals surface area contributed by atoms with Crippen LogP contribution in [-0.2, 0) is 23.1 Å². The first kappa shape index (κ1) is 28.4. The fourth-order valence-electron chi connectivity index (χ4n) is 4.16. The van der Waals surface area contributed by atoms with Crippen LogP contribution in [0.25, 0.3) is 5.69 Å². The first-order chi connectivity index (χ1) is 20.4. The molecule has 5 rings (SSSR count). The number of carbonyl (C=O) groups excluding carboxylic acids is 1. The number of carbonyl (C=O) groups is 1. The van der Waals surface area contributed by atoms with E-state index >= 15 is 0 Å². The smallest absolute Gasteiger partial charge is 0.271 e. The molecule has 0 fully saturated rings. The number of hydrogen-bond donors (Lipinski definition) is 1. The van der Waals surface area contributed by atoms with Crippen molar-refractivity contribution < 1.29 is 17.9 Å². The molecule has 1 N–H and O–H groups in total. The monoisotopic (exact) mass is 580 g/mol. The summed E-state index contributed by atoms with van der Waals surface area (Å²) in [6, 6.07) is 24.2. The van der Waals surface area contributed by atoms with E-state index in [1.165, 1.54) is 23.5 Å². The van der Waals surface area contributed by atoms with Crippen LogP contribution in [-0.4, -0.2) is 46.5 Å². The van der Waals surface area contributed by atoms with E-state index in [-0.39, 0.29) is 23.9 Å². The summed E-state index contributed by atoms with van der Waals surface area (Å²) in [4.78, 5) is 21.0. The molecule has 212 valence electrons. The van der Waals surface area contributed by atoms with Crippen LogP contribution in [0.2, 0.25) is 0 Å². The van der Waals surface area contributed by atoms with Gasteiger partial charge in [-0.1, -0.05) is 30.3 Å². The number of hydrazone groups is 1. The molecule has 0 aliphatic rings. The second kappa shape index (κ2) is 13.0. The maximum absolute atomic E-state index is 13.6. The molecule has 2 aromatic heterocycles. The van der Waals surface area contributed by atoms with E-state index in [1.54, 1.807) is 73.6 Å². The Morgan fingerprint density at radius 3 is 2.31 bits per heavy atom. The third-order valence-corrected chi connectivity index (χ3v) is 8.24. The standard InChI is InChI=1S/C31H28N6O4S/c1-41-29-12-14-30(15-13-29)42(39,40)37(22-26-3-2-16-32-19-26)21-25-4-8-27(9-5-25)31(38)35-34-20-24-6-10-28(11-7-24)36-18-17-33-23-36/h2-20,23H,21-22H2,1H3,(H,35,38). The minimum Gasteiger partial charge on any atom is -0.497 e. The van der Waals surface area contributed by atoms with Gasteiger partial charge in [-0.2, -0.15) is 9.41 Å². The minimum atomic E-state index is -3.86. The summed E-state index contributed by atoms with van der Waals surface area (Å²) >= 11 is 0. The Balaban J connectivity index is 1.26. The Morgan fingerprint density at radius 2 is 1.67 bits per heavy atom. The largest absolute Gasteiger partial charge is 0.497 e. The van der Waals surface area contributed by atoms with Crippen molar-refractivity contribution in [3.8, 4) is 11.4 Å². The summed E-state index contributed by atoms with van der Waals surface area (Å²) in [5.41, 5.74) is 6.17. The van der Waals surface area contributed by atoms with Crippen LogP contribution in [0.15, 0.2) is 126 Å². The van der Waals surface area contributed by atoms with Gasteiger partial charge in [0.05, 0.1) is 24.5 Å². The summed E-state index contributed by atoms with van der Waals surface area (Å²) in [5.74, 6) is 0.181. The van der Waals surface area contributed by atoms with Crippen LogP contribution >= 0.6 is 0 Å². The van der Waals surface area contributed by atoms with Gasteiger partial charge in [0, 0.05) is 49.1 Å². The van der Waals surface area contributed by atoms with E-state index in [1.807, 2.05) is 41.1 Å². The molecule has 0 radical (unpaired) electrons. The lowest BCUT2D eigenvalue weighted by Gasteiger charge is -2.22. The number of aromatic nitrogens is 3. The normalized spacial score (nSPS) is 11.6. The van der Waals surface area contributed by atoms with Crippen molar-refractivity contribution >= 4 is 22.1 Å². The van der Waals surface area contributed by atoms with Gasteiger partial charge in [0.15, 0.2) is 0 Å². The quantitative estimate of drug-likeness (QED) is 0.182. The zero-order valence-electron chi connectivity index (χ0n) is 22.7. The van der Waals surface area contributed by atoms with Gasteiger partial charge in [0.2, 0.25) is 10.0 Å². The average Bonchev–Trinajstić information content (AvgIpc) is 3.57. The zero-order chi connectivity index (χ0) is 29.4. The van der Waals surface area contributed by atoms with Crippen molar-refractivity contribution in [2.24, 2.45) is 5.10 Å². The van der Waals surface area contributed by atoms with Crippen molar-refractivity contribution in [3.05, 3.63) is 138 Å². The number of pyridine rings is 1. The van der Waals surface area contributed by atoms with Crippen LogP contribution in [0.4, 0.5) is 0 Å². The maximum atomic E-state index is 13.6. The fourth-order valence-corrected chi connectivity index (χ4v) is 5.57. The van der Waals surface area contributed by atoms with E-state index in [2.05, 4.69) is 20.5 Å². The lowest BCUT2D eigenvalue weighted by molar-refractivity contribution is 0.0955. The van der Waals surface area contributed by atoms with Crippen LogP contribution in [0.5, 0.6) is 5.75 Å². The van der Waals surface area contributed by atoms with Gasteiger partial charge >= 0.3 is 0 Å². The number of sulfonamides is 1. The van der Waals surface area contributed by atoms with E-state index in [0.717, 1.165) is 16.8 Å². The summed E-state index contributed by atoms with van der Waals surface area (Å²) < 4.78 is 35.7. The SMILES string of the molecule is COc1ccc(S(=O)(=O)N(Cc2ccc(C(=O)NN=Cc3ccc(-n4ccnc4)cc3)cc2)Cc2cccnc2)cc1. The van der Waals surface area contributed by atoms with Gasteiger partial charge in [0.1, 0.15) is 5.75 Å². The second-order valence-corrected chi connectivity index (χ2v) is 11.2. The summed E-state index contributed by atoms with van der Waals surface area (Å²) in [7, 11) is -2.33. The second-order valence-electron chi connectivity index (χ2n) is 9.27. The fraction of sp³-hybridized carbons (Fsp3) is 0.0968. The molecule has 0 spiro atoms. The number of imidazole rings is 1. The highest BCUT2D eigenvalue weighted by Crippen LogP contribution is 2.23. The molecule has 0 aliphatic heterocycles. The summed E-state index contributed by atoms with van der Waals surface area (Å²) in [5, 5.41) is 4.06. The molecule has 3 aromatic carbocycles. The molecule has 0 saturated carbocycles. The van der Waals surface area contributed by atoms with Gasteiger partial charge < -0.3 is 9.30 Å². The molecule has 0 aliphatic carbocycles. The van der Waals surface area contributed by atoms with Crippen molar-refractivity contribution in [3.63, 3.8) is 0 Å². The third-order valence-electron chi connectivity index (χ3n) is 6.43. The first-order valence-corrected chi connectivity index (χ1v) is 14.4. The lowest BCUT2D eigenvalue weighted by Crippen LogP contribution is -2.30. The Kier molecular flexibility index (Phi) is 8.81. The number of amides is 1. The lowest BCUT2D eigenvalue weighted by atomic mass is 10.1. The highest BCUT2D eigenvalue weighted by molar-refractivity contribution is 7.89. The molecule has 2 heterocycles. The maximum Gasteiger partial charge on any atom is 0.271 e. The van der Waals surface area contributed by atoms with Crippen LogP contribution in [0.3, 0.4) is 0 Å². The Bertz CT molecular complexity index is 1740. The number of hydrogen-bond acceptors (Lipinski definition) is 7. The van der Waals surface area contributed by atoms with Gasteiger partial charge in [0.25, 0.3) is 5.91 Å². The van der Waals surface area contributed by atoms with Gasteiger partial charge in [-0.3, -0.25) is 9.78 Å². The van der Waals surface area contributed by atoms with E-state index in [4.69, 9.17) is 4.74 Å². The molecule has 0 saturated heterocycles. The van der Waals surface area contributed by atoms with Gasteiger partial charge in [-0.15, -0.1) is 0 Å². The molecule has 10 nitrogen and oxygen atoms in total. The molecule has 0 bridgehead atoms. The Morgan fingerprint density at radius 1 is 0.929 bits per heavy atom. The zero-order valence-corrected chi connectivity index (χ0v) is 23.6. The van der Waals surface area contributed by atoms with Crippen LogP contribution in [0.1, 0.15) is 27.0 Å². The minimum absolute atomic E-state index is 0.0956. The number of ether oxygens (including phenoxy) is 1. The third kappa shape index (κ3) is 6.95. The van der Waals surface area contributed by atoms with Crippen molar-refractivity contribution in [2.45, 2.75) is 18.0 Å². The molecule has 5 aromatic rings. The van der Waals surface area contributed by atoms with E-state index < -0.39 is 10.0 Å². The first-order valence-electron chi connectivity index (χ1n) is 13.0. The van der Waals surface area contributed by atoms with Gasteiger partial charge in [-0.05, 0) is 71.3 Å². The molecule has 42 heavy (non-hydrogen) atoms. The molecule has 11 heteroatoms. The average molecular weight is 581 g/mol. The van der Waals surface area contributed by atoms with Crippen LogP contribution < -0.4 is 10.2 Å². The van der Waals surface area contributed by atoms with Crippen molar-refractivity contribution in [1.29, 1.82) is 0 Å². The molecular formula is C31H28N6O4S. The molecular weight excluding hydrogens is 552 g/mol. The highest BCUT2D eigenvalue weighted by Gasteiger charge is 2.25. The Labute approximate surface area is 244 Å². The van der Waals surface area contributed by atoms with Gasteiger partial charge in [-0.25, -0.2) is 18.8 Å². The number of methoxy groups -OCH3 is 1. The molecule has 1 amide bonds. The number of nitrogens with one attached hydrogen (secondary N) is 1. The predicted molar refractivity (Wildman–Crippen MR) is 159 cm³/mol. The van der Waals surface area contributed by atoms with Crippen molar-refractivity contribution in [2.75, 3.05) is 7.11 Å². The number of rotatable bonds is 11. The number of benzene rings is 3. The molecule has 0 atom stereocenters. The van der Waals surface area contributed by atoms with Crippen molar-refractivity contribution in [1.82, 2.24) is 24.3 Å². The summed E-state index contributed by atoms with van der Waals surface area (Å²) in [6.07, 6.45) is 10.1. The number of nitrogens with zero attached hydrogens (tertiary/aromatic N) is 5. The Hall–Kier alpha value is -5.13. The summed E-state index contributed by atoms with van der Waals surface area (Å²) in [6.45, 7) is 0.223. The highest BCUT2D eigenvalue weighted by atomic mass is 32.2. The van der Waals surface area contributed by atoms with E-state index in [9.17, 15) is 13.2 Å².